The van der Waals surface area contributed by atoms with E-state index in [9.17, 15) is 0 Å². The third-order valence-corrected chi connectivity index (χ3v) is 7.57. The predicted molar refractivity (Wildman–Crippen MR) is 184 cm³/mol. The molecule has 0 aliphatic rings. The summed E-state index contributed by atoms with van der Waals surface area (Å²) in [7, 11) is 0. The Labute approximate surface area is 260 Å². The van der Waals surface area contributed by atoms with E-state index in [1.807, 2.05) is 12.1 Å². The monoisotopic (exact) mass is 581 g/mol. The molecule has 5 heteroatoms. The van der Waals surface area contributed by atoms with Gasteiger partial charge < -0.3 is 9.47 Å². The van der Waals surface area contributed by atoms with Crippen LogP contribution in [0.15, 0.2) is 69.6 Å². The van der Waals surface area contributed by atoms with Crippen molar-refractivity contribution >= 4 is 18.4 Å². The Bertz CT molecular complexity index is 1390. The first-order valence-corrected chi connectivity index (χ1v) is 16.0. The molecule has 3 rings (SSSR count). The minimum absolute atomic E-state index is 0.419. The first-order chi connectivity index (χ1) is 20.9. The summed E-state index contributed by atoms with van der Waals surface area (Å²) in [6.45, 7) is 18.4. The molecule has 0 saturated carbocycles. The highest BCUT2D eigenvalue weighted by Gasteiger charge is 2.13. The number of aliphatic imine (C=N–C) groups is 3. The molecule has 0 unspecified atom stereocenters. The summed E-state index contributed by atoms with van der Waals surface area (Å²) in [6, 6.07) is 18.7. The van der Waals surface area contributed by atoms with Crippen molar-refractivity contribution in [2.75, 3.05) is 13.2 Å². The summed E-state index contributed by atoms with van der Waals surface area (Å²) in [5, 5.41) is 0. The fourth-order valence-electron chi connectivity index (χ4n) is 5.04. The molecule has 0 radical (unpaired) electrons. The topological polar surface area (TPSA) is 55.5 Å². The molecule has 0 bridgehead atoms. The third-order valence-electron chi connectivity index (χ3n) is 7.57. The van der Waals surface area contributed by atoms with Crippen molar-refractivity contribution in [3.05, 3.63) is 93.5 Å². The van der Waals surface area contributed by atoms with Gasteiger partial charge in [0.2, 0.25) is 0 Å². The van der Waals surface area contributed by atoms with Gasteiger partial charge in [-0.05, 0) is 70.5 Å². The second-order valence-corrected chi connectivity index (χ2v) is 11.5. The molecule has 0 spiro atoms. The first kappa shape index (κ1) is 33.8. The first-order valence-electron chi connectivity index (χ1n) is 16.0. The van der Waals surface area contributed by atoms with Crippen LogP contribution in [0.25, 0.3) is 0 Å². The third kappa shape index (κ3) is 10.8. The summed E-state index contributed by atoms with van der Waals surface area (Å²) >= 11 is 0. The number of unbranched alkanes of at least 4 members (excludes halogenated alkanes) is 6. The average molecular weight is 582 g/mol. The van der Waals surface area contributed by atoms with Crippen molar-refractivity contribution < 1.29 is 9.47 Å². The summed E-state index contributed by atoms with van der Waals surface area (Å²) in [5.74, 6) is 2.85. The molecule has 0 heterocycles. The predicted octanol–water partition coefficient (Wildman–Crippen LogP) is 9.93. The normalized spacial score (nSPS) is 12.0. The number of rotatable bonds is 16. The molecule has 43 heavy (non-hydrogen) atoms. The Hall–Kier alpha value is -3.73. The summed E-state index contributed by atoms with van der Waals surface area (Å²) < 4.78 is 12.4. The summed E-state index contributed by atoms with van der Waals surface area (Å²) in [4.78, 5) is 14.4. The van der Waals surface area contributed by atoms with Crippen LogP contribution < -0.4 is 9.47 Å². The number of hydrogen-bond donors (Lipinski definition) is 0. The highest BCUT2D eigenvalue weighted by atomic mass is 16.5. The Morgan fingerprint density at radius 1 is 0.651 bits per heavy atom. The standard InChI is InChI=1S/C38H51N3O2/c1-8-10-12-13-14-15-23-42-33-19-18-32(36(26-33)43-22-11-9-2)27-40-38(35-21-17-29(4)25-31(35)6)41-37(39-7)34-20-16-28(3)24-30(34)5/h16-21,24-26H,7-15,22-23,27H2,1-6H3/b40-38-,41-37-. The largest absolute Gasteiger partial charge is 0.493 e. The second-order valence-electron chi connectivity index (χ2n) is 11.5. The molecule has 0 atom stereocenters. The minimum atomic E-state index is 0.419. The maximum atomic E-state index is 6.25. The van der Waals surface area contributed by atoms with E-state index in [0.717, 1.165) is 65.2 Å². The molecular formula is C38H51N3O2. The highest BCUT2D eigenvalue weighted by molar-refractivity contribution is 6.13. The molecule has 0 aliphatic heterocycles. The lowest BCUT2D eigenvalue weighted by Crippen LogP contribution is -2.09. The maximum Gasteiger partial charge on any atom is 0.161 e. The van der Waals surface area contributed by atoms with Gasteiger partial charge in [-0.25, -0.2) is 9.98 Å². The molecule has 5 nitrogen and oxygen atoms in total. The van der Waals surface area contributed by atoms with Crippen LogP contribution in [0.1, 0.15) is 104 Å². The van der Waals surface area contributed by atoms with Crippen LogP contribution in [0.5, 0.6) is 11.5 Å². The smallest absolute Gasteiger partial charge is 0.161 e. The van der Waals surface area contributed by atoms with Crippen LogP contribution in [-0.4, -0.2) is 31.6 Å². The van der Waals surface area contributed by atoms with Crippen LogP contribution >= 0.6 is 0 Å². The van der Waals surface area contributed by atoms with Crippen molar-refractivity contribution in [3.63, 3.8) is 0 Å². The van der Waals surface area contributed by atoms with E-state index < -0.39 is 0 Å². The van der Waals surface area contributed by atoms with Crippen molar-refractivity contribution in [3.8, 4) is 11.5 Å². The van der Waals surface area contributed by atoms with E-state index in [0.29, 0.717) is 24.8 Å². The minimum Gasteiger partial charge on any atom is -0.493 e. The lowest BCUT2D eigenvalue weighted by Gasteiger charge is -2.14. The maximum absolute atomic E-state index is 6.25. The number of hydrogen-bond acceptors (Lipinski definition) is 3. The van der Waals surface area contributed by atoms with Gasteiger partial charge in [0.15, 0.2) is 11.7 Å². The molecule has 0 saturated heterocycles. The van der Waals surface area contributed by atoms with Crippen molar-refractivity contribution in [1.29, 1.82) is 0 Å². The number of amidine groups is 2. The van der Waals surface area contributed by atoms with Crippen molar-refractivity contribution in [2.45, 2.75) is 99.5 Å². The number of benzene rings is 3. The van der Waals surface area contributed by atoms with E-state index in [4.69, 9.17) is 19.5 Å². The van der Waals surface area contributed by atoms with Gasteiger partial charge in [0.05, 0.1) is 19.8 Å². The molecule has 3 aromatic carbocycles. The lowest BCUT2D eigenvalue weighted by molar-refractivity contribution is 0.290. The molecule has 0 amide bonds. The van der Waals surface area contributed by atoms with Gasteiger partial charge in [0, 0.05) is 22.8 Å². The van der Waals surface area contributed by atoms with E-state index >= 15 is 0 Å². The molecule has 0 fully saturated rings. The van der Waals surface area contributed by atoms with Crippen LogP contribution in [0.3, 0.4) is 0 Å². The second kappa shape index (κ2) is 18.0. The zero-order chi connectivity index (χ0) is 31.0. The van der Waals surface area contributed by atoms with E-state index in [2.05, 4.69) is 95.7 Å². The Morgan fingerprint density at radius 2 is 1.26 bits per heavy atom. The fourth-order valence-corrected chi connectivity index (χ4v) is 5.04. The van der Waals surface area contributed by atoms with Crippen LogP contribution in [0, 0.1) is 27.7 Å². The van der Waals surface area contributed by atoms with Gasteiger partial charge in [-0.3, -0.25) is 4.99 Å². The molecule has 0 aromatic heterocycles. The van der Waals surface area contributed by atoms with E-state index in [-0.39, 0.29) is 0 Å². The van der Waals surface area contributed by atoms with Crippen molar-refractivity contribution in [2.24, 2.45) is 15.0 Å². The summed E-state index contributed by atoms with van der Waals surface area (Å²) in [6.07, 6.45) is 9.51. The zero-order valence-electron chi connectivity index (χ0n) is 27.3. The lowest BCUT2D eigenvalue weighted by atomic mass is 10.0. The Balaban J connectivity index is 1.92. The molecule has 0 N–H and O–H groups in total. The molecular weight excluding hydrogens is 530 g/mol. The Morgan fingerprint density at radius 3 is 1.88 bits per heavy atom. The number of aryl methyl sites for hydroxylation is 4. The van der Waals surface area contributed by atoms with Gasteiger partial charge in [-0.15, -0.1) is 0 Å². The van der Waals surface area contributed by atoms with Gasteiger partial charge in [-0.1, -0.05) is 99.9 Å². The van der Waals surface area contributed by atoms with Gasteiger partial charge >= 0.3 is 0 Å². The average Bonchev–Trinajstić information content (AvgIpc) is 2.98. The highest BCUT2D eigenvalue weighted by Crippen LogP contribution is 2.27. The van der Waals surface area contributed by atoms with E-state index in [1.165, 1.54) is 43.2 Å². The van der Waals surface area contributed by atoms with Crippen molar-refractivity contribution in [1.82, 2.24) is 0 Å². The SMILES string of the molecule is C=N/C(=N\C(=N/Cc1ccc(OCCCCCCCC)cc1OCCCC)c1ccc(C)cc1C)c1ccc(C)cc1C. The zero-order valence-corrected chi connectivity index (χ0v) is 27.3. The van der Waals surface area contributed by atoms with Crippen LogP contribution in [0.2, 0.25) is 0 Å². The Kier molecular flexibility index (Phi) is 14.2. The molecule has 230 valence electrons. The summed E-state index contributed by atoms with van der Waals surface area (Å²) in [5.41, 5.74) is 7.54. The molecule has 0 aliphatic carbocycles. The van der Waals surface area contributed by atoms with E-state index in [1.54, 1.807) is 0 Å². The van der Waals surface area contributed by atoms with Crippen LogP contribution in [-0.2, 0) is 6.54 Å². The molecule has 3 aromatic rings. The number of nitrogens with zero attached hydrogens (tertiary/aromatic N) is 3. The number of ether oxygens (including phenoxy) is 2. The quantitative estimate of drug-likeness (QED) is 0.0960. The van der Waals surface area contributed by atoms with Gasteiger partial charge in [0.25, 0.3) is 0 Å². The van der Waals surface area contributed by atoms with Crippen LogP contribution in [0.4, 0.5) is 0 Å². The van der Waals surface area contributed by atoms with Gasteiger partial charge in [-0.2, -0.15) is 0 Å². The fraction of sp³-hybridized carbons (Fsp3) is 0.447. The van der Waals surface area contributed by atoms with Gasteiger partial charge in [0.1, 0.15) is 11.5 Å².